The second kappa shape index (κ2) is 3.23. The zero-order valence-corrected chi connectivity index (χ0v) is 6.17. The first-order valence-corrected chi connectivity index (χ1v) is 3.27. The number of halogens is 1. The predicted octanol–water partition coefficient (Wildman–Crippen LogP) is 1.54. The summed E-state index contributed by atoms with van der Waals surface area (Å²) in [6, 6.07) is 4.95. The number of nitrogens with zero attached hydrogens (tertiary/aromatic N) is 1. The fourth-order valence-corrected chi connectivity index (χ4v) is 0.767. The molecule has 3 heteroatoms. The number of hydrogen-bond acceptors (Lipinski definition) is 2. The van der Waals surface area contributed by atoms with E-state index in [4.69, 9.17) is 0 Å². The van der Waals surface area contributed by atoms with Crippen molar-refractivity contribution >= 4 is 5.78 Å². The third kappa shape index (κ3) is 1.83. The van der Waals surface area contributed by atoms with E-state index in [0.717, 1.165) is 5.69 Å². The summed E-state index contributed by atoms with van der Waals surface area (Å²) in [6.07, 6.45) is 0. The van der Waals surface area contributed by atoms with Crippen LogP contribution >= 0.6 is 0 Å². The van der Waals surface area contributed by atoms with E-state index in [9.17, 15) is 9.18 Å². The Labute approximate surface area is 64.1 Å². The van der Waals surface area contributed by atoms with E-state index in [1.165, 1.54) is 6.07 Å². The van der Waals surface area contributed by atoms with Gasteiger partial charge in [-0.25, -0.2) is 9.37 Å². The van der Waals surface area contributed by atoms with Crippen LogP contribution in [0.5, 0.6) is 0 Å². The van der Waals surface area contributed by atoms with Crippen LogP contribution in [0.2, 0.25) is 0 Å². The van der Waals surface area contributed by atoms with Crippen molar-refractivity contribution in [2.75, 3.05) is 6.67 Å². The average Bonchev–Trinajstić information content (AvgIpc) is 2.03. The van der Waals surface area contributed by atoms with Crippen molar-refractivity contribution in [2.45, 2.75) is 6.92 Å². The second-order valence-corrected chi connectivity index (χ2v) is 2.22. The van der Waals surface area contributed by atoms with Crippen molar-refractivity contribution in [2.24, 2.45) is 0 Å². The zero-order chi connectivity index (χ0) is 8.27. The Bertz CT molecular complexity index is 273. The molecule has 1 aromatic heterocycles. The molecule has 0 spiro atoms. The van der Waals surface area contributed by atoms with Gasteiger partial charge >= 0.3 is 0 Å². The minimum atomic E-state index is -0.976. The number of aryl methyl sites for hydroxylation is 1. The third-order valence-electron chi connectivity index (χ3n) is 1.30. The molecule has 1 rings (SSSR count). The molecule has 0 radical (unpaired) electrons. The number of ketones is 1. The van der Waals surface area contributed by atoms with E-state index in [0.29, 0.717) is 0 Å². The molecule has 0 amide bonds. The Morgan fingerprint density at radius 2 is 2.36 bits per heavy atom. The van der Waals surface area contributed by atoms with Gasteiger partial charge in [-0.3, -0.25) is 4.79 Å². The standard InChI is InChI=1S/C8H8FNO/c1-6-3-2-4-7(10-6)8(11)5-9/h2-4H,5H2,1H3. The maximum Gasteiger partial charge on any atom is 0.212 e. The van der Waals surface area contributed by atoms with E-state index in [1.807, 2.05) is 0 Å². The third-order valence-corrected chi connectivity index (χ3v) is 1.30. The molecule has 0 fully saturated rings. The minimum absolute atomic E-state index is 0.201. The van der Waals surface area contributed by atoms with E-state index in [1.54, 1.807) is 19.1 Å². The number of rotatable bonds is 2. The molecule has 0 aliphatic rings. The summed E-state index contributed by atoms with van der Waals surface area (Å²) < 4.78 is 11.8. The molecule has 2 nitrogen and oxygen atoms in total. The maximum atomic E-state index is 11.8. The van der Waals surface area contributed by atoms with Crippen LogP contribution in [0.3, 0.4) is 0 Å². The summed E-state index contributed by atoms with van der Waals surface area (Å²) >= 11 is 0. The number of Topliss-reactive ketones (excluding diaryl/α,β-unsaturated/α-hetero) is 1. The molecule has 0 unspecified atom stereocenters. The molecule has 58 valence electrons. The summed E-state index contributed by atoms with van der Waals surface area (Å²) in [4.78, 5) is 14.6. The van der Waals surface area contributed by atoms with Gasteiger partial charge < -0.3 is 0 Å². The van der Waals surface area contributed by atoms with Crippen LogP contribution in [0.1, 0.15) is 16.2 Å². The molecule has 1 heterocycles. The quantitative estimate of drug-likeness (QED) is 0.603. The molecule has 0 N–H and O–H groups in total. The number of carbonyl (C=O) groups is 1. The van der Waals surface area contributed by atoms with Crippen LogP contribution in [-0.4, -0.2) is 17.4 Å². The molecule has 11 heavy (non-hydrogen) atoms. The highest BCUT2D eigenvalue weighted by atomic mass is 19.1. The van der Waals surface area contributed by atoms with E-state index in [2.05, 4.69) is 4.98 Å². The summed E-state index contributed by atoms with van der Waals surface area (Å²) in [5.74, 6) is -0.561. The van der Waals surface area contributed by atoms with Crippen molar-refractivity contribution in [3.05, 3.63) is 29.6 Å². The highest BCUT2D eigenvalue weighted by molar-refractivity contribution is 5.95. The monoisotopic (exact) mass is 153 g/mol. The van der Waals surface area contributed by atoms with Gasteiger partial charge in [-0.15, -0.1) is 0 Å². The van der Waals surface area contributed by atoms with Crippen LogP contribution in [0, 0.1) is 6.92 Å². The molecule has 0 bridgehead atoms. The topological polar surface area (TPSA) is 30.0 Å². The second-order valence-electron chi connectivity index (χ2n) is 2.22. The Balaban J connectivity index is 2.96. The van der Waals surface area contributed by atoms with E-state index < -0.39 is 12.5 Å². The van der Waals surface area contributed by atoms with Gasteiger partial charge in [-0.1, -0.05) is 6.07 Å². The largest absolute Gasteiger partial charge is 0.289 e. The number of aromatic nitrogens is 1. The number of alkyl halides is 1. The molecule has 0 aromatic carbocycles. The SMILES string of the molecule is Cc1cccc(C(=O)CF)n1. The lowest BCUT2D eigenvalue weighted by Gasteiger charge is -1.95. The van der Waals surface area contributed by atoms with Gasteiger partial charge in [-0.05, 0) is 19.1 Å². The Morgan fingerprint density at radius 3 is 2.91 bits per heavy atom. The van der Waals surface area contributed by atoms with Gasteiger partial charge in [0.2, 0.25) is 5.78 Å². The highest BCUT2D eigenvalue weighted by Crippen LogP contribution is 1.99. The molecule has 0 saturated carbocycles. The number of pyridine rings is 1. The van der Waals surface area contributed by atoms with Crippen LogP contribution in [0.15, 0.2) is 18.2 Å². The summed E-state index contributed by atoms with van der Waals surface area (Å²) in [5.41, 5.74) is 0.928. The first kappa shape index (κ1) is 7.85. The Hall–Kier alpha value is -1.25. The maximum absolute atomic E-state index is 11.8. The first-order valence-electron chi connectivity index (χ1n) is 3.27. The lowest BCUT2D eigenvalue weighted by atomic mass is 10.2. The highest BCUT2D eigenvalue weighted by Gasteiger charge is 2.04. The van der Waals surface area contributed by atoms with Gasteiger partial charge in [-0.2, -0.15) is 0 Å². The van der Waals surface area contributed by atoms with Gasteiger partial charge in [0.25, 0.3) is 0 Å². The molecular weight excluding hydrogens is 145 g/mol. The zero-order valence-electron chi connectivity index (χ0n) is 6.17. The van der Waals surface area contributed by atoms with Gasteiger partial charge in [0.15, 0.2) is 6.67 Å². The summed E-state index contributed by atoms with van der Waals surface area (Å²) in [6.45, 7) is 0.783. The van der Waals surface area contributed by atoms with Crippen molar-refractivity contribution in [1.82, 2.24) is 4.98 Å². The fraction of sp³-hybridized carbons (Fsp3) is 0.250. The predicted molar refractivity (Wildman–Crippen MR) is 39.3 cm³/mol. The average molecular weight is 153 g/mol. The fourth-order valence-electron chi connectivity index (χ4n) is 0.767. The first-order chi connectivity index (χ1) is 5.24. The number of hydrogen-bond donors (Lipinski definition) is 0. The van der Waals surface area contributed by atoms with E-state index >= 15 is 0 Å². The lowest BCUT2D eigenvalue weighted by molar-refractivity contribution is 0.0953. The van der Waals surface area contributed by atoms with Gasteiger partial charge in [0, 0.05) is 5.69 Å². The molecule has 1 aromatic rings. The van der Waals surface area contributed by atoms with Crippen molar-refractivity contribution in [3.63, 3.8) is 0 Å². The number of carbonyl (C=O) groups excluding carboxylic acids is 1. The molecular formula is C8H8FNO. The normalized spacial score (nSPS) is 9.64. The van der Waals surface area contributed by atoms with Crippen LogP contribution in [-0.2, 0) is 0 Å². The molecule has 0 aliphatic heterocycles. The minimum Gasteiger partial charge on any atom is -0.289 e. The van der Waals surface area contributed by atoms with Crippen molar-refractivity contribution in [3.8, 4) is 0 Å². The molecule has 0 aliphatic carbocycles. The van der Waals surface area contributed by atoms with E-state index in [-0.39, 0.29) is 5.69 Å². The van der Waals surface area contributed by atoms with Crippen molar-refractivity contribution < 1.29 is 9.18 Å². The summed E-state index contributed by atoms with van der Waals surface area (Å²) in [7, 11) is 0. The van der Waals surface area contributed by atoms with Gasteiger partial charge in [0.05, 0.1) is 0 Å². The van der Waals surface area contributed by atoms with Crippen molar-refractivity contribution in [1.29, 1.82) is 0 Å². The Kier molecular flexibility index (Phi) is 2.31. The van der Waals surface area contributed by atoms with Crippen LogP contribution < -0.4 is 0 Å². The molecule has 0 atom stereocenters. The van der Waals surface area contributed by atoms with Crippen LogP contribution in [0.25, 0.3) is 0 Å². The lowest BCUT2D eigenvalue weighted by Crippen LogP contribution is -2.04. The Morgan fingerprint density at radius 1 is 1.64 bits per heavy atom. The van der Waals surface area contributed by atoms with Gasteiger partial charge in [0.1, 0.15) is 5.69 Å². The molecule has 0 saturated heterocycles. The summed E-state index contributed by atoms with van der Waals surface area (Å²) in [5, 5.41) is 0. The smallest absolute Gasteiger partial charge is 0.212 e. The van der Waals surface area contributed by atoms with Crippen LogP contribution in [0.4, 0.5) is 4.39 Å².